The van der Waals surface area contributed by atoms with Crippen molar-refractivity contribution in [2.24, 2.45) is 0 Å². The first-order valence-corrected chi connectivity index (χ1v) is 7.57. The Morgan fingerprint density at radius 3 is 2.78 bits per heavy atom. The van der Waals surface area contributed by atoms with Crippen molar-refractivity contribution in [2.75, 3.05) is 11.9 Å². The Balaban J connectivity index is 1.88. The van der Waals surface area contributed by atoms with Gasteiger partial charge in [-0.15, -0.1) is 0 Å². The van der Waals surface area contributed by atoms with Crippen LogP contribution in [0, 0.1) is 6.92 Å². The van der Waals surface area contributed by atoms with Crippen molar-refractivity contribution in [3.63, 3.8) is 0 Å². The maximum atomic E-state index is 12.5. The fourth-order valence-electron chi connectivity index (χ4n) is 2.51. The topological polar surface area (TPSA) is 51.2 Å². The minimum absolute atomic E-state index is 0.158. The molecule has 0 aliphatic carbocycles. The van der Waals surface area contributed by atoms with Crippen LogP contribution in [0.2, 0.25) is 0 Å². The molecule has 0 aliphatic heterocycles. The lowest BCUT2D eigenvalue weighted by Gasteiger charge is -2.10. The second kappa shape index (κ2) is 6.48. The SMILES string of the molecule is CCOc1ccc(C(=O)Nc2cccc3cccnc23)cc1C. The third-order valence-electron chi connectivity index (χ3n) is 3.62. The minimum Gasteiger partial charge on any atom is -0.494 e. The Kier molecular flexibility index (Phi) is 4.24. The number of amides is 1. The zero-order valence-corrected chi connectivity index (χ0v) is 13.2. The molecule has 0 bridgehead atoms. The average Bonchev–Trinajstić information content (AvgIpc) is 2.57. The predicted octanol–water partition coefficient (Wildman–Crippen LogP) is 4.19. The van der Waals surface area contributed by atoms with Crippen LogP contribution in [0.4, 0.5) is 5.69 Å². The number of hydrogen-bond donors (Lipinski definition) is 1. The number of carbonyl (C=O) groups excluding carboxylic acids is 1. The molecule has 2 aromatic carbocycles. The van der Waals surface area contributed by atoms with Crippen molar-refractivity contribution < 1.29 is 9.53 Å². The highest BCUT2D eigenvalue weighted by atomic mass is 16.5. The van der Waals surface area contributed by atoms with Crippen molar-refractivity contribution in [2.45, 2.75) is 13.8 Å². The third kappa shape index (κ3) is 3.16. The Labute approximate surface area is 135 Å². The van der Waals surface area contributed by atoms with Gasteiger partial charge in [-0.1, -0.05) is 18.2 Å². The van der Waals surface area contributed by atoms with E-state index in [9.17, 15) is 4.79 Å². The van der Waals surface area contributed by atoms with Gasteiger partial charge in [0.05, 0.1) is 17.8 Å². The molecule has 0 unspecified atom stereocenters. The molecular formula is C19H18N2O2. The number of fused-ring (bicyclic) bond motifs is 1. The van der Waals surface area contributed by atoms with Gasteiger partial charge in [0.1, 0.15) is 5.75 Å². The van der Waals surface area contributed by atoms with Crippen LogP contribution in [-0.2, 0) is 0 Å². The largest absolute Gasteiger partial charge is 0.494 e. The number of benzene rings is 2. The molecule has 116 valence electrons. The zero-order valence-electron chi connectivity index (χ0n) is 13.2. The number of para-hydroxylation sites is 1. The van der Waals surface area contributed by atoms with Gasteiger partial charge in [-0.05, 0) is 49.7 Å². The maximum Gasteiger partial charge on any atom is 0.255 e. The molecule has 3 aromatic rings. The number of aromatic nitrogens is 1. The lowest BCUT2D eigenvalue weighted by atomic mass is 10.1. The van der Waals surface area contributed by atoms with Crippen LogP contribution in [0.1, 0.15) is 22.8 Å². The highest BCUT2D eigenvalue weighted by molar-refractivity contribution is 6.08. The highest BCUT2D eigenvalue weighted by Gasteiger charge is 2.10. The van der Waals surface area contributed by atoms with E-state index in [0.29, 0.717) is 17.9 Å². The molecule has 4 heteroatoms. The Bertz CT molecular complexity index is 854. The number of hydrogen-bond acceptors (Lipinski definition) is 3. The Morgan fingerprint density at radius 2 is 2.00 bits per heavy atom. The number of pyridine rings is 1. The second-order valence-corrected chi connectivity index (χ2v) is 5.25. The summed E-state index contributed by atoms with van der Waals surface area (Å²) in [4.78, 5) is 16.8. The number of rotatable bonds is 4. The maximum absolute atomic E-state index is 12.5. The normalized spacial score (nSPS) is 10.5. The van der Waals surface area contributed by atoms with E-state index in [4.69, 9.17) is 4.74 Å². The average molecular weight is 306 g/mol. The van der Waals surface area contributed by atoms with Crippen LogP contribution >= 0.6 is 0 Å². The summed E-state index contributed by atoms with van der Waals surface area (Å²) >= 11 is 0. The quantitative estimate of drug-likeness (QED) is 0.786. The lowest BCUT2D eigenvalue weighted by Crippen LogP contribution is -2.12. The minimum atomic E-state index is -0.158. The number of aryl methyl sites for hydroxylation is 1. The van der Waals surface area contributed by atoms with Gasteiger partial charge in [-0.2, -0.15) is 0 Å². The predicted molar refractivity (Wildman–Crippen MR) is 92.0 cm³/mol. The number of ether oxygens (including phenoxy) is 1. The number of carbonyl (C=O) groups is 1. The monoisotopic (exact) mass is 306 g/mol. The molecule has 23 heavy (non-hydrogen) atoms. The van der Waals surface area contributed by atoms with E-state index in [1.54, 1.807) is 12.3 Å². The standard InChI is InChI=1S/C19H18N2O2/c1-3-23-17-10-9-15(12-13(17)2)19(22)21-16-8-4-6-14-7-5-11-20-18(14)16/h4-12H,3H2,1-2H3,(H,21,22). The summed E-state index contributed by atoms with van der Waals surface area (Å²) in [5, 5.41) is 3.93. The zero-order chi connectivity index (χ0) is 16.2. The number of anilines is 1. The smallest absolute Gasteiger partial charge is 0.255 e. The lowest BCUT2D eigenvalue weighted by molar-refractivity contribution is 0.102. The molecule has 0 saturated carbocycles. The first-order valence-electron chi connectivity index (χ1n) is 7.57. The molecule has 4 nitrogen and oxygen atoms in total. The summed E-state index contributed by atoms with van der Waals surface area (Å²) in [6.45, 7) is 4.48. The Morgan fingerprint density at radius 1 is 1.17 bits per heavy atom. The highest BCUT2D eigenvalue weighted by Crippen LogP contribution is 2.23. The molecule has 1 amide bonds. The van der Waals surface area contributed by atoms with E-state index in [1.807, 2.05) is 56.3 Å². The molecule has 3 rings (SSSR count). The summed E-state index contributed by atoms with van der Waals surface area (Å²) < 4.78 is 5.51. The fourth-order valence-corrected chi connectivity index (χ4v) is 2.51. The third-order valence-corrected chi connectivity index (χ3v) is 3.62. The molecule has 1 aromatic heterocycles. The van der Waals surface area contributed by atoms with Crippen molar-refractivity contribution in [3.05, 3.63) is 65.9 Å². The summed E-state index contributed by atoms with van der Waals surface area (Å²) in [5.74, 6) is 0.644. The van der Waals surface area contributed by atoms with Crippen LogP contribution in [-0.4, -0.2) is 17.5 Å². The van der Waals surface area contributed by atoms with Crippen LogP contribution in [0.3, 0.4) is 0 Å². The second-order valence-electron chi connectivity index (χ2n) is 5.25. The van der Waals surface area contributed by atoms with E-state index < -0.39 is 0 Å². The molecule has 1 heterocycles. The number of nitrogens with zero attached hydrogens (tertiary/aromatic N) is 1. The van der Waals surface area contributed by atoms with Crippen LogP contribution in [0.15, 0.2) is 54.7 Å². The fraction of sp³-hybridized carbons (Fsp3) is 0.158. The molecule has 0 aliphatic rings. The number of nitrogens with one attached hydrogen (secondary N) is 1. The molecule has 0 saturated heterocycles. The van der Waals surface area contributed by atoms with E-state index in [1.165, 1.54) is 0 Å². The van der Waals surface area contributed by atoms with Crippen molar-refractivity contribution in [1.29, 1.82) is 0 Å². The van der Waals surface area contributed by atoms with Gasteiger partial charge in [0, 0.05) is 17.1 Å². The van der Waals surface area contributed by atoms with Crippen LogP contribution < -0.4 is 10.1 Å². The first kappa shape index (κ1) is 15.0. The van der Waals surface area contributed by atoms with Gasteiger partial charge in [0.25, 0.3) is 5.91 Å². The molecule has 1 N–H and O–H groups in total. The van der Waals surface area contributed by atoms with E-state index in [2.05, 4.69) is 10.3 Å². The van der Waals surface area contributed by atoms with E-state index in [-0.39, 0.29) is 5.91 Å². The summed E-state index contributed by atoms with van der Waals surface area (Å²) in [6.07, 6.45) is 1.72. The van der Waals surface area contributed by atoms with Gasteiger partial charge in [-0.25, -0.2) is 0 Å². The molecule has 0 spiro atoms. The van der Waals surface area contributed by atoms with Crippen molar-refractivity contribution >= 4 is 22.5 Å². The van der Waals surface area contributed by atoms with E-state index >= 15 is 0 Å². The van der Waals surface area contributed by atoms with Gasteiger partial charge in [0.15, 0.2) is 0 Å². The molecule has 0 atom stereocenters. The first-order chi connectivity index (χ1) is 11.2. The molecule has 0 radical (unpaired) electrons. The summed E-state index contributed by atoms with van der Waals surface area (Å²) in [7, 11) is 0. The molecule has 0 fully saturated rings. The van der Waals surface area contributed by atoms with Gasteiger partial charge < -0.3 is 10.1 Å². The summed E-state index contributed by atoms with van der Waals surface area (Å²) in [5.41, 5.74) is 3.03. The van der Waals surface area contributed by atoms with Gasteiger partial charge in [0.2, 0.25) is 0 Å². The van der Waals surface area contributed by atoms with Crippen LogP contribution in [0.5, 0.6) is 5.75 Å². The van der Waals surface area contributed by atoms with Crippen LogP contribution in [0.25, 0.3) is 10.9 Å². The summed E-state index contributed by atoms with van der Waals surface area (Å²) in [6, 6.07) is 15.0. The van der Waals surface area contributed by atoms with E-state index in [0.717, 1.165) is 22.2 Å². The van der Waals surface area contributed by atoms with Crippen molar-refractivity contribution in [3.8, 4) is 5.75 Å². The Hall–Kier alpha value is -2.88. The van der Waals surface area contributed by atoms with Crippen molar-refractivity contribution in [1.82, 2.24) is 4.98 Å². The molecular weight excluding hydrogens is 288 g/mol. The van der Waals surface area contributed by atoms with Gasteiger partial charge >= 0.3 is 0 Å². The van der Waals surface area contributed by atoms with Gasteiger partial charge in [-0.3, -0.25) is 9.78 Å².